The quantitative estimate of drug-likeness (QED) is 0.467. The van der Waals surface area contributed by atoms with Crippen LogP contribution in [-0.4, -0.2) is 25.0 Å². The molecule has 0 bridgehead atoms. The molecule has 2 rings (SSSR count). The highest BCUT2D eigenvalue weighted by atomic mass is 14.9. The van der Waals surface area contributed by atoms with Gasteiger partial charge in [0.05, 0.1) is 0 Å². The van der Waals surface area contributed by atoms with E-state index < -0.39 is 0 Å². The van der Waals surface area contributed by atoms with E-state index in [1.807, 2.05) is 0 Å². The van der Waals surface area contributed by atoms with Crippen LogP contribution in [-0.2, 0) is 0 Å². The summed E-state index contributed by atoms with van der Waals surface area (Å²) < 4.78 is 0. The highest BCUT2D eigenvalue weighted by Crippen LogP contribution is 2.21. The van der Waals surface area contributed by atoms with Crippen molar-refractivity contribution < 1.29 is 0 Å². The van der Waals surface area contributed by atoms with Gasteiger partial charge in [-0.15, -0.1) is 0 Å². The Bertz CT molecular complexity index is 172. The molecule has 0 N–H and O–H groups in total. The van der Waals surface area contributed by atoms with Crippen molar-refractivity contribution in [3.05, 3.63) is 0 Å². The molecule has 0 aromatic carbocycles. The first-order valence-corrected chi connectivity index (χ1v) is 3.97. The van der Waals surface area contributed by atoms with Crippen molar-refractivity contribution >= 4 is 12.4 Å². The second-order valence-corrected chi connectivity index (χ2v) is 3.02. The molecule has 0 aliphatic carbocycles. The van der Waals surface area contributed by atoms with Crippen molar-refractivity contribution in [1.82, 2.24) is 4.99 Å². The van der Waals surface area contributed by atoms with E-state index in [4.69, 9.17) is 0 Å². The number of fused-ring (bicyclic) bond motifs is 1. The maximum atomic E-state index is 4.41. The van der Waals surface area contributed by atoms with Crippen molar-refractivity contribution in [2.45, 2.75) is 25.3 Å². The lowest BCUT2D eigenvalue weighted by atomic mass is 9.89. The third-order valence-electron chi connectivity index (χ3n) is 2.34. The number of aliphatic imine (C=N–C) groups is 2. The van der Waals surface area contributed by atoms with Gasteiger partial charge in [0.2, 0.25) is 12.8 Å². The third-order valence-corrected chi connectivity index (χ3v) is 2.34. The molecule has 0 spiro atoms. The molecule has 0 saturated carbocycles. The molecule has 1 radical (unpaired) electrons. The monoisotopic (exact) mass is 136 g/mol. The van der Waals surface area contributed by atoms with Gasteiger partial charge in [0, 0.05) is 11.4 Å². The second-order valence-electron chi connectivity index (χ2n) is 3.02. The Labute approximate surface area is 61.1 Å². The lowest BCUT2D eigenvalue weighted by Crippen LogP contribution is -2.32. The molecule has 2 atom stereocenters. The fraction of sp³-hybridized carbons (Fsp3) is 0.750. The molecule has 2 aliphatic heterocycles. The summed E-state index contributed by atoms with van der Waals surface area (Å²) in [7, 11) is 0. The highest BCUT2D eigenvalue weighted by Gasteiger charge is 2.29. The fourth-order valence-electron chi connectivity index (χ4n) is 1.68. The molecule has 2 aliphatic rings. The molecule has 0 saturated heterocycles. The van der Waals surface area contributed by atoms with Crippen LogP contribution in [0.5, 0.6) is 0 Å². The highest BCUT2D eigenvalue weighted by molar-refractivity contribution is 5.61. The Balaban J connectivity index is 2.12. The summed E-state index contributed by atoms with van der Waals surface area (Å²) in [6, 6.07) is 0.527. The lowest BCUT2D eigenvalue weighted by Gasteiger charge is -2.22. The second kappa shape index (κ2) is 2.52. The summed E-state index contributed by atoms with van der Waals surface area (Å²) in [5.41, 5.74) is 0. The van der Waals surface area contributed by atoms with Crippen LogP contribution in [0.4, 0.5) is 0 Å². The van der Waals surface area contributed by atoms with E-state index in [1.165, 1.54) is 12.8 Å². The first-order chi connectivity index (χ1) is 4.97. The van der Waals surface area contributed by atoms with Crippen LogP contribution in [0.3, 0.4) is 0 Å². The maximum absolute atomic E-state index is 4.41. The molecular weight excluding hydrogens is 124 g/mol. The standard InChI is InChI=1S/C8H12N2/c1-2-7-3-5-9-6-8(7)10-4-1/h4-5,7-8H,1-3,6H2/q+1. The number of nitrogens with zero attached hydrogens (tertiary/aromatic N) is 2. The van der Waals surface area contributed by atoms with E-state index >= 15 is 0 Å². The molecule has 0 amide bonds. The van der Waals surface area contributed by atoms with Gasteiger partial charge in [-0.2, -0.15) is 0 Å². The lowest BCUT2D eigenvalue weighted by molar-refractivity contribution is 0.387. The predicted octanol–water partition coefficient (Wildman–Crippen LogP) is 0.646. The van der Waals surface area contributed by atoms with Crippen LogP contribution in [0.2, 0.25) is 0 Å². The first-order valence-electron chi connectivity index (χ1n) is 3.97. The van der Waals surface area contributed by atoms with E-state index in [-0.39, 0.29) is 0 Å². The minimum Gasteiger partial charge on any atom is -0.287 e. The molecule has 2 heterocycles. The van der Waals surface area contributed by atoms with Gasteiger partial charge in [0.1, 0.15) is 6.04 Å². The Kier molecular flexibility index (Phi) is 1.53. The Morgan fingerprint density at radius 2 is 2.50 bits per heavy atom. The number of hydrogen-bond acceptors (Lipinski definition) is 2. The van der Waals surface area contributed by atoms with Gasteiger partial charge in [-0.3, -0.25) is 4.99 Å². The molecule has 2 unspecified atom stereocenters. The molecular formula is C8H12N2+. The van der Waals surface area contributed by atoms with Gasteiger partial charge in [0.25, 0.3) is 0 Å². The molecule has 53 valence electrons. The van der Waals surface area contributed by atoms with Crippen LogP contribution in [0.25, 0.3) is 0 Å². The van der Waals surface area contributed by atoms with Gasteiger partial charge in [-0.1, -0.05) is 0 Å². The van der Waals surface area contributed by atoms with Crippen molar-refractivity contribution in [2.75, 3.05) is 6.54 Å². The van der Waals surface area contributed by atoms with E-state index in [9.17, 15) is 0 Å². The molecule has 2 heteroatoms. The van der Waals surface area contributed by atoms with Crippen LogP contribution >= 0.6 is 0 Å². The largest absolute Gasteiger partial charge is 0.287 e. The zero-order chi connectivity index (χ0) is 6.81. The predicted molar refractivity (Wildman–Crippen MR) is 42.7 cm³/mol. The zero-order valence-corrected chi connectivity index (χ0v) is 6.03. The minimum absolute atomic E-state index is 0.527. The van der Waals surface area contributed by atoms with Crippen LogP contribution in [0.15, 0.2) is 4.99 Å². The smallest absolute Gasteiger partial charge is 0.232 e. The molecule has 2 nitrogen and oxygen atoms in total. The van der Waals surface area contributed by atoms with E-state index in [1.54, 1.807) is 0 Å². The number of rotatable bonds is 0. The first kappa shape index (κ1) is 6.08. The van der Waals surface area contributed by atoms with Crippen molar-refractivity contribution in [3.8, 4) is 0 Å². The van der Waals surface area contributed by atoms with E-state index in [2.05, 4.69) is 22.4 Å². The summed E-state index contributed by atoms with van der Waals surface area (Å²) in [5.74, 6) is 0.808. The van der Waals surface area contributed by atoms with E-state index in [0.717, 1.165) is 18.9 Å². The number of hydrogen-bond donors (Lipinski definition) is 0. The Morgan fingerprint density at radius 3 is 3.40 bits per heavy atom. The van der Waals surface area contributed by atoms with Crippen molar-refractivity contribution in [2.24, 2.45) is 10.9 Å². The molecule has 0 aromatic heterocycles. The fourth-order valence-corrected chi connectivity index (χ4v) is 1.68. The maximum Gasteiger partial charge on any atom is 0.232 e. The summed E-state index contributed by atoms with van der Waals surface area (Å²) in [6.45, 7) is 0.932. The summed E-state index contributed by atoms with van der Waals surface area (Å²) >= 11 is 0. The van der Waals surface area contributed by atoms with E-state index in [0.29, 0.717) is 6.04 Å². The average Bonchev–Trinajstić information content (AvgIpc) is 2.05. The van der Waals surface area contributed by atoms with Crippen molar-refractivity contribution in [1.29, 1.82) is 0 Å². The topological polar surface area (TPSA) is 26.5 Å². The summed E-state index contributed by atoms with van der Waals surface area (Å²) in [5, 5.41) is 0. The van der Waals surface area contributed by atoms with Crippen LogP contribution in [0, 0.1) is 5.92 Å². The minimum atomic E-state index is 0.527. The summed E-state index contributed by atoms with van der Waals surface area (Å²) in [6.07, 6.45) is 7.77. The molecule has 0 aromatic rings. The van der Waals surface area contributed by atoms with Gasteiger partial charge in [-0.05, 0) is 25.0 Å². The van der Waals surface area contributed by atoms with Crippen LogP contribution in [0.1, 0.15) is 19.3 Å². The van der Waals surface area contributed by atoms with Crippen LogP contribution < -0.4 is 4.99 Å². The Morgan fingerprint density at radius 1 is 1.50 bits per heavy atom. The SMILES string of the molecule is C1=NC2C[N+]=CCC2CC1. The van der Waals surface area contributed by atoms with Gasteiger partial charge in [-0.25, -0.2) is 0 Å². The van der Waals surface area contributed by atoms with Gasteiger partial charge in [0.15, 0.2) is 0 Å². The normalized spacial score (nSPS) is 37.6. The van der Waals surface area contributed by atoms with Gasteiger partial charge < -0.3 is 0 Å². The zero-order valence-electron chi connectivity index (χ0n) is 6.03. The third kappa shape index (κ3) is 0.981. The summed E-state index contributed by atoms with van der Waals surface area (Å²) in [4.78, 5) is 8.64. The van der Waals surface area contributed by atoms with Crippen molar-refractivity contribution in [3.63, 3.8) is 0 Å². The van der Waals surface area contributed by atoms with Gasteiger partial charge >= 0.3 is 0 Å². The molecule has 0 fully saturated rings. The Hall–Kier alpha value is -0.660. The molecule has 10 heavy (non-hydrogen) atoms. The average molecular weight is 136 g/mol.